The van der Waals surface area contributed by atoms with Crippen LogP contribution >= 0.6 is 11.6 Å². The van der Waals surface area contributed by atoms with E-state index in [1.807, 2.05) is 29.2 Å². The predicted molar refractivity (Wildman–Crippen MR) is 127 cm³/mol. The van der Waals surface area contributed by atoms with E-state index < -0.39 is 0 Å². The van der Waals surface area contributed by atoms with Crippen molar-refractivity contribution in [3.05, 3.63) is 88.9 Å². The van der Waals surface area contributed by atoms with Gasteiger partial charge in [-0.05, 0) is 72.8 Å². The molecule has 7 heteroatoms. The minimum atomic E-state index is -0.218. The van der Waals surface area contributed by atoms with Gasteiger partial charge >= 0.3 is 0 Å². The number of benzene rings is 3. The Morgan fingerprint density at radius 1 is 0.812 bits per heavy atom. The van der Waals surface area contributed by atoms with Crippen molar-refractivity contribution in [3.63, 3.8) is 0 Å². The van der Waals surface area contributed by atoms with Crippen molar-refractivity contribution < 1.29 is 14.3 Å². The van der Waals surface area contributed by atoms with Crippen molar-refractivity contribution in [1.29, 1.82) is 0 Å². The number of halogens is 1. The zero-order valence-electron chi connectivity index (χ0n) is 17.8. The summed E-state index contributed by atoms with van der Waals surface area (Å²) in [6.07, 6.45) is 0. The lowest BCUT2D eigenvalue weighted by Gasteiger charge is -2.36. The average molecular weight is 450 g/mol. The molecule has 0 aromatic heterocycles. The van der Waals surface area contributed by atoms with Crippen LogP contribution in [0, 0.1) is 0 Å². The average Bonchev–Trinajstić information content (AvgIpc) is 2.85. The van der Waals surface area contributed by atoms with Gasteiger partial charge in [-0.2, -0.15) is 0 Å². The molecule has 0 bridgehead atoms. The Bertz CT molecular complexity index is 1070. The van der Waals surface area contributed by atoms with E-state index in [1.165, 1.54) is 0 Å². The number of hydrogen-bond donors (Lipinski definition) is 1. The highest BCUT2D eigenvalue weighted by Gasteiger charge is 2.22. The molecule has 1 saturated heterocycles. The van der Waals surface area contributed by atoms with Crippen LogP contribution in [0.15, 0.2) is 72.8 Å². The smallest absolute Gasteiger partial charge is 0.255 e. The summed E-state index contributed by atoms with van der Waals surface area (Å²) in [6, 6.07) is 21.6. The van der Waals surface area contributed by atoms with Gasteiger partial charge in [-0.1, -0.05) is 11.6 Å². The van der Waals surface area contributed by atoms with Crippen LogP contribution < -0.4 is 15.0 Å². The van der Waals surface area contributed by atoms with Crippen molar-refractivity contribution in [1.82, 2.24) is 4.90 Å². The Kier molecular flexibility index (Phi) is 6.61. The van der Waals surface area contributed by atoms with Crippen LogP contribution in [0.2, 0.25) is 5.02 Å². The molecule has 6 nitrogen and oxygen atoms in total. The molecule has 0 atom stereocenters. The Labute approximate surface area is 192 Å². The van der Waals surface area contributed by atoms with Gasteiger partial charge < -0.3 is 19.9 Å². The molecule has 4 rings (SSSR count). The molecule has 3 aromatic carbocycles. The Morgan fingerprint density at radius 3 is 2.00 bits per heavy atom. The molecule has 164 valence electrons. The topological polar surface area (TPSA) is 61.9 Å². The van der Waals surface area contributed by atoms with E-state index in [2.05, 4.69) is 10.2 Å². The van der Waals surface area contributed by atoms with Gasteiger partial charge in [-0.15, -0.1) is 0 Å². The summed E-state index contributed by atoms with van der Waals surface area (Å²) in [7, 11) is 1.58. The molecule has 3 aromatic rings. The normalized spacial score (nSPS) is 13.6. The standard InChI is InChI=1S/C25H24ClN3O3/c1-32-23-12-4-18(5-13-23)24(30)27-21-8-2-19(3-9-21)25(31)29-16-14-28(15-17-29)22-10-6-20(26)7-11-22/h2-13H,14-17H2,1H3,(H,27,30). The van der Waals surface area contributed by atoms with Crippen molar-refractivity contribution in [3.8, 4) is 5.75 Å². The first-order valence-electron chi connectivity index (χ1n) is 10.4. The highest BCUT2D eigenvalue weighted by atomic mass is 35.5. The van der Waals surface area contributed by atoms with Crippen LogP contribution in [0.1, 0.15) is 20.7 Å². The Balaban J connectivity index is 1.33. The molecule has 1 aliphatic rings. The second-order valence-electron chi connectivity index (χ2n) is 7.52. The van der Waals surface area contributed by atoms with Gasteiger partial charge in [0.1, 0.15) is 5.75 Å². The highest BCUT2D eigenvalue weighted by molar-refractivity contribution is 6.30. The van der Waals surface area contributed by atoms with Gasteiger partial charge in [0.05, 0.1) is 7.11 Å². The zero-order valence-corrected chi connectivity index (χ0v) is 18.5. The fraction of sp³-hybridized carbons (Fsp3) is 0.200. The van der Waals surface area contributed by atoms with Crippen molar-refractivity contribution in [2.45, 2.75) is 0 Å². The predicted octanol–water partition coefficient (Wildman–Crippen LogP) is 4.56. The number of hydrogen-bond acceptors (Lipinski definition) is 4. The lowest BCUT2D eigenvalue weighted by molar-refractivity contribution is 0.0746. The molecule has 0 radical (unpaired) electrons. The summed E-state index contributed by atoms with van der Waals surface area (Å²) < 4.78 is 5.11. The summed E-state index contributed by atoms with van der Waals surface area (Å²) >= 11 is 5.97. The first-order chi connectivity index (χ1) is 15.5. The number of amides is 2. The third-order valence-electron chi connectivity index (χ3n) is 5.50. The number of carbonyl (C=O) groups is 2. The van der Waals surface area contributed by atoms with Crippen LogP contribution in [0.3, 0.4) is 0 Å². The lowest BCUT2D eigenvalue weighted by atomic mass is 10.1. The monoisotopic (exact) mass is 449 g/mol. The van der Waals surface area contributed by atoms with Crippen LogP contribution in [0.4, 0.5) is 11.4 Å². The van der Waals surface area contributed by atoms with Gasteiger partial charge in [-0.3, -0.25) is 9.59 Å². The van der Waals surface area contributed by atoms with E-state index in [1.54, 1.807) is 55.6 Å². The minimum absolute atomic E-state index is 0.00575. The number of rotatable bonds is 5. The quantitative estimate of drug-likeness (QED) is 0.620. The molecular formula is C25H24ClN3O3. The molecule has 1 fully saturated rings. The van der Waals surface area contributed by atoms with Gasteiger partial charge in [-0.25, -0.2) is 0 Å². The number of methoxy groups -OCH3 is 1. The largest absolute Gasteiger partial charge is 0.497 e. The van der Waals surface area contributed by atoms with E-state index in [0.717, 1.165) is 18.8 Å². The molecule has 0 saturated carbocycles. The SMILES string of the molecule is COc1ccc(C(=O)Nc2ccc(C(=O)N3CCN(c4ccc(Cl)cc4)CC3)cc2)cc1. The van der Waals surface area contributed by atoms with E-state index in [-0.39, 0.29) is 11.8 Å². The van der Waals surface area contributed by atoms with Crippen LogP contribution in [0.5, 0.6) is 5.75 Å². The Morgan fingerprint density at radius 2 is 1.41 bits per heavy atom. The summed E-state index contributed by atoms with van der Waals surface area (Å²) in [5.74, 6) is 0.470. The molecular weight excluding hydrogens is 426 g/mol. The van der Waals surface area contributed by atoms with Crippen LogP contribution in [-0.2, 0) is 0 Å². The molecule has 1 aliphatic heterocycles. The zero-order chi connectivity index (χ0) is 22.5. The summed E-state index contributed by atoms with van der Waals surface area (Å²) in [4.78, 5) is 29.4. The molecule has 0 aliphatic carbocycles. The van der Waals surface area contributed by atoms with Gasteiger partial charge in [0.25, 0.3) is 11.8 Å². The second-order valence-corrected chi connectivity index (χ2v) is 7.95. The van der Waals surface area contributed by atoms with Gasteiger partial charge in [0, 0.05) is 53.7 Å². The third-order valence-corrected chi connectivity index (χ3v) is 5.75. The van der Waals surface area contributed by atoms with Gasteiger partial charge in [0.2, 0.25) is 0 Å². The number of anilines is 2. The fourth-order valence-electron chi connectivity index (χ4n) is 3.64. The molecule has 0 spiro atoms. The lowest BCUT2D eigenvalue weighted by Crippen LogP contribution is -2.48. The summed E-state index contributed by atoms with van der Waals surface area (Å²) in [5, 5.41) is 3.56. The number of piperazine rings is 1. The summed E-state index contributed by atoms with van der Waals surface area (Å²) in [6.45, 7) is 2.83. The number of nitrogens with one attached hydrogen (secondary N) is 1. The molecule has 1 N–H and O–H groups in total. The second kappa shape index (κ2) is 9.75. The van der Waals surface area contributed by atoms with E-state index in [4.69, 9.17) is 16.3 Å². The third kappa shape index (κ3) is 5.03. The maximum Gasteiger partial charge on any atom is 0.255 e. The first-order valence-corrected chi connectivity index (χ1v) is 10.8. The van der Waals surface area contributed by atoms with E-state index in [9.17, 15) is 9.59 Å². The highest BCUT2D eigenvalue weighted by Crippen LogP contribution is 2.21. The minimum Gasteiger partial charge on any atom is -0.497 e. The van der Waals surface area contributed by atoms with E-state index in [0.29, 0.717) is 40.7 Å². The molecule has 0 unspecified atom stereocenters. The van der Waals surface area contributed by atoms with Crippen molar-refractivity contribution in [2.75, 3.05) is 43.5 Å². The molecule has 2 amide bonds. The number of ether oxygens (including phenoxy) is 1. The van der Waals surface area contributed by atoms with Crippen LogP contribution in [-0.4, -0.2) is 50.0 Å². The van der Waals surface area contributed by atoms with Gasteiger partial charge in [0.15, 0.2) is 0 Å². The Hall–Kier alpha value is -3.51. The van der Waals surface area contributed by atoms with Crippen LogP contribution in [0.25, 0.3) is 0 Å². The van der Waals surface area contributed by atoms with E-state index >= 15 is 0 Å². The van der Waals surface area contributed by atoms with Crippen molar-refractivity contribution >= 4 is 34.8 Å². The first kappa shape index (κ1) is 21.7. The maximum absolute atomic E-state index is 12.9. The number of carbonyl (C=O) groups excluding carboxylic acids is 2. The molecule has 1 heterocycles. The summed E-state index contributed by atoms with van der Waals surface area (Å²) in [5.41, 5.74) is 2.88. The van der Waals surface area contributed by atoms with Crippen molar-refractivity contribution in [2.24, 2.45) is 0 Å². The maximum atomic E-state index is 12.9. The molecule has 32 heavy (non-hydrogen) atoms. The fourth-order valence-corrected chi connectivity index (χ4v) is 3.77. The number of nitrogens with zero attached hydrogens (tertiary/aromatic N) is 2.